The Hall–Kier alpha value is -1.39. The highest BCUT2D eigenvalue weighted by molar-refractivity contribution is 7.90. The van der Waals surface area contributed by atoms with Gasteiger partial charge in [-0.05, 0) is 12.8 Å². The number of guanidine groups is 1. The van der Waals surface area contributed by atoms with Gasteiger partial charge in [-0.15, -0.1) is 0 Å². The van der Waals surface area contributed by atoms with Crippen LogP contribution in [0.4, 0.5) is 0 Å². The number of hydrogen-bond acceptors (Lipinski definition) is 6. The minimum Gasteiger partial charge on any atom is -0.379 e. The Bertz CT molecular complexity index is 596. The number of carbonyl (C=O) groups is 1. The van der Waals surface area contributed by atoms with Gasteiger partial charge in [-0.1, -0.05) is 0 Å². The third-order valence-corrected chi connectivity index (χ3v) is 5.74. The lowest BCUT2D eigenvalue weighted by Crippen LogP contribution is -2.54. The summed E-state index contributed by atoms with van der Waals surface area (Å²) < 4.78 is 27.4. The van der Waals surface area contributed by atoms with Crippen molar-refractivity contribution in [3.63, 3.8) is 0 Å². The average Bonchev–Trinajstić information content (AvgIpc) is 3.16. The first-order valence-electron chi connectivity index (χ1n) is 9.60. The summed E-state index contributed by atoms with van der Waals surface area (Å²) in [6.07, 6.45) is 3.45. The Kier molecular flexibility index (Phi) is 8.78. The average molecular weight is 404 g/mol. The van der Waals surface area contributed by atoms with Gasteiger partial charge >= 0.3 is 0 Å². The maximum atomic E-state index is 12.3. The molecule has 10 heteroatoms. The van der Waals surface area contributed by atoms with Gasteiger partial charge in [0.15, 0.2) is 5.96 Å². The standard InChI is InChI=1S/C17H33N5O4S/c1-18-17(19-5-12-26-13-14-27(2,24)25)22-10-8-20(9-11-22)15-16(23)21-6-3-4-7-21/h3-15H2,1-2H3,(H,18,19). The van der Waals surface area contributed by atoms with Gasteiger partial charge in [-0.25, -0.2) is 8.42 Å². The van der Waals surface area contributed by atoms with Crippen molar-refractivity contribution in [1.82, 2.24) is 20.0 Å². The molecule has 0 atom stereocenters. The Labute approximate surface area is 162 Å². The zero-order valence-corrected chi connectivity index (χ0v) is 17.3. The molecule has 0 radical (unpaired) electrons. The molecule has 2 fully saturated rings. The highest BCUT2D eigenvalue weighted by Gasteiger charge is 2.24. The molecule has 2 heterocycles. The van der Waals surface area contributed by atoms with Crippen LogP contribution >= 0.6 is 0 Å². The van der Waals surface area contributed by atoms with E-state index in [4.69, 9.17) is 4.74 Å². The van der Waals surface area contributed by atoms with Crippen LogP contribution in [0.3, 0.4) is 0 Å². The number of sulfone groups is 1. The number of rotatable bonds is 8. The van der Waals surface area contributed by atoms with Gasteiger partial charge in [0.1, 0.15) is 9.84 Å². The predicted molar refractivity (Wildman–Crippen MR) is 106 cm³/mol. The highest BCUT2D eigenvalue weighted by Crippen LogP contribution is 2.09. The Morgan fingerprint density at radius 1 is 1.04 bits per heavy atom. The van der Waals surface area contributed by atoms with Gasteiger partial charge in [-0.2, -0.15) is 0 Å². The van der Waals surface area contributed by atoms with E-state index in [-0.39, 0.29) is 18.3 Å². The predicted octanol–water partition coefficient (Wildman–Crippen LogP) is -1.14. The number of piperazine rings is 1. The van der Waals surface area contributed by atoms with Crippen LogP contribution in [0.1, 0.15) is 12.8 Å². The van der Waals surface area contributed by atoms with Crippen LogP contribution in [0.2, 0.25) is 0 Å². The van der Waals surface area contributed by atoms with Crippen LogP contribution in [0.5, 0.6) is 0 Å². The molecule has 0 spiro atoms. The third-order valence-electron chi connectivity index (χ3n) is 4.83. The Morgan fingerprint density at radius 3 is 2.30 bits per heavy atom. The van der Waals surface area contributed by atoms with Crippen molar-refractivity contribution in [2.45, 2.75) is 12.8 Å². The molecule has 2 saturated heterocycles. The van der Waals surface area contributed by atoms with E-state index < -0.39 is 9.84 Å². The first-order chi connectivity index (χ1) is 12.9. The van der Waals surface area contributed by atoms with E-state index in [1.807, 2.05) is 4.90 Å². The van der Waals surface area contributed by atoms with Crippen molar-refractivity contribution < 1.29 is 17.9 Å². The fourth-order valence-electron chi connectivity index (χ4n) is 3.26. The van der Waals surface area contributed by atoms with Crippen molar-refractivity contribution >= 4 is 21.7 Å². The van der Waals surface area contributed by atoms with Crippen LogP contribution in [0.15, 0.2) is 4.99 Å². The summed E-state index contributed by atoms with van der Waals surface area (Å²) in [4.78, 5) is 22.9. The van der Waals surface area contributed by atoms with Crippen molar-refractivity contribution in [2.24, 2.45) is 4.99 Å². The molecule has 0 unspecified atom stereocenters. The SMILES string of the molecule is CN=C(NCCOCCS(C)(=O)=O)N1CCN(CC(=O)N2CCCC2)CC1. The monoisotopic (exact) mass is 403 g/mol. The second kappa shape index (κ2) is 10.8. The van der Waals surface area contributed by atoms with Gasteiger partial charge in [0.2, 0.25) is 5.91 Å². The van der Waals surface area contributed by atoms with Crippen molar-refractivity contribution in [2.75, 3.05) is 84.6 Å². The Balaban J connectivity index is 1.62. The van der Waals surface area contributed by atoms with Gasteiger partial charge in [0, 0.05) is 59.1 Å². The second-order valence-corrected chi connectivity index (χ2v) is 9.33. The molecule has 1 amide bonds. The molecule has 0 saturated carbocycles. The van der Waals surface area contributed by atoms with Crippen molar-refractivity contribution in [3.8, 4) is 0 Å². The number of nitrogens with one attached hydrogen (secondary N) is 1. The van der Waals surface area contributed by atoms with Crippen molar-refractivity contribution in [1.29, 1.82) is 0 Å². The van der Waals surface area contributed by atoms with E-state index in [1.54, 1.807) is 7.05 Å². The summed E-state index contributed by atoms with van der Waals surface area (Å²) in [5.41, 5.74) is 0. The molecule has 1 N–H and O–H groups in total. The maximum absolute atomic E-state index is 12.3. The van der Waals surface area contributed by atoms with E-state index in [1.165, 1.54) is 6.26 Å². The van der Waals surface area contributed by atoms with Crippen molar-refractivity contribution in [3.05, 3.63) is 0 Å². The van der Waals surface area contributed by atoms with Crippen LogP contribution in [0.25, 0.3) is 0 Å². The van der Waals surface area contributed by atoms with E-state index in [0.717, 1.165) is 58.1 Å². The first-order valence-corrected chi connectivity index (χ1v) is 11.7. The molecule has 0 aromatic carbocycles. The molecule has 27 heavy (non-hydrogen) atoms. The molecule has 2 rings (SSSR count). The second-order valence-electron chi connectivity index (χ2n) is 7.07. The number of carbonyl (C=O) groups excluding carboxylic acids is 1. The molecular formula is C17H33N5O4S. The summed E-state index contributed by atoms with van der Waals surface area (Å²) in [5, 5.41) is 3.24. The molecule has 9 nitrogen and oxygen atoms in total. The van der Waals surface area contributed by atoms with Gasteiger partial charge in [-0.3, -0.25) is 14.7 Å². The summed E-state index contributed by atoms with van der Waals surface area (Å²) in [6.45, 7) is 6.85. The smallest absolute Gasteiger partial charge is 0.236 e. The topological polar surface area (TPSA) is 94.5 Å². The van der Waals surface area contributed by atoms with E-state index in [2.05, 4.69) is 20.1 Å². The van der Waals surface area contributed by atoms with Gasteiger partial charge < -0.3 is 19.9 Å². The summed E-state index contributed by atoms with van der Waals surface area (Å²) >= 11 is 0. The van der Waals surface area contributed by atoms with Crippen LogP contribution in [0, 0.1) is 0 Å². The quantitative estimate of drug-likeness (QED) is 0.311. The molecule has 0 aliphatic carbocycles. The summed E-state index contributed by atoms with van der Waals surface area (Å²) in [6, 6.07) is 0. The Morgan fingerprint density at radius 2 is 1.70 bits per heavy atom. The fourth-order valence-corrected chi connectivity index (χ4v) is 3.68. The number of nitrogens with zero attached hydrogens (tertiary/aromatic N) is 4. The van der Waals surface area contributed by atoms with Crippen LogP contribution in [-0.4, -0.2) is 120 Å². The fraction of sp³-hybridized carbons (Fsp3) is 0.882. The maximum Gasteiger partial charge on any atom is 0.236 e. The lowest BCUT2D eigenvalue weighted by molar-refractivity contribution is -0.131. The number of likely N-dealkylation sites (tertiary alicyclic amines) is 1. The zero-order valence-electron chi connectivity index (χ0n) is 16.5. The minimum absolute atomic E-state index is 0.0415. The molecule has 156 valence electrons. The molecule has 0 aromatic rings. The number of aliphatic imine (C=N–C) groups is 1. The summed E-state index contributed by atoms with van der Waals surface area (Å²) in [5.74, 6) is 1.10. The largest absolute Gasteiger partial charge is 0.379 e. The summed E-state index contributed by atoms with van der Waals surface area (Å²) in [7, 11) is -1.23. The van der Waals surface area contributed by atoms with Gasteiger partial charge in [0.05, 0.1) is 25.5 Å². The first kappa shape index (κ1) is 21.9. The molecular weight excluding hydrogens is 370 g/mol. The number of amides is 1. The van der Waals surface area contributed by atoms with E-state index in [0.29, 0.717) is 19.7 Å². The van der Waals surface area contributed by atoms with Crippen LogP contribution < -0.4 is 5.32 Å². The number of hydrogen-bond donors (Lipinski definition) is 1. The molecule has 2 aliphatic heterocycles. The molecule has 0 aromatic heterocycles. The van der Waals surface area contributed by atoms with Gasteiger partial charge in [0.25, 0.3) is 0 Å². The number of ether oxygens (including phenoxy) is 1. The van der Waals surface area contributed by atoms with Crippen LogP contribution in [-0.2, 0) is 19.4 Å². The molecule has 0 bridgehead atoms. The van der Waals surface area contributed by atoms with E-state index >= 15 is 0 Å². The normalized spacial score (nSPS) is 19.6. The minimum atomic E-state index is -2.98. The lowest BCUT2D eigenvalue weighted by Gasteiger charge is -2.36. The van der Waals surface area contributed by atoms with E-state index in [9.17, 15) is 13.2 Å². The third kappa shape index (κ3) is 8.02. The zero-order chi connectivity index (χ0) is 19.7. The lowest BCUT2D eigenvalue weighted by atomic mass is 10.3. The molecule has 2 aliphatic rings. The highest BCUT2D eigenvalue weighted by atomic mass is 32.2.